The molecule has 0 fully saturated rings. The minimum Gasteiger partial charge on any atom is -0.496 e. The van der Waals surface area contributed by atoms with Crippen LogP contribution in [-0.2, 0) is 17.8 Å². The molecule has 0 aromatic heterocycles. The van der Waals surface area contributed by atoms with Gasteiger partial charge < -0.3 is 15.2 Å². The first kappa shape index (κ1) is 15.6. The number of hydrogen-bond donors (Lipinski definition) is 2. The predicted octanol–water partition coefficient (Wildman–Crippen LogP) is 2.25. The number of rotatable bonds is 6. The molecule has 0 aliphatic rings. The Labute approximate surface area is 128 Å². The molecular formula is C17H17NO4. The van der Waals surface area contributed by atoms with Gasteiger partial charge >= 0.3 is 5.97 Å². The zero-order valence-corrected chi connectivity index (χ0v) is 12.2. The van der Waals surface area contributed by atoms with Gasteiger partial charge in [0.2, 0.25) is 5.91 Å². The highest BCUT2D eigenvalue weighted by atomic mass is 16.5. The number of carboxylic acid groups (broad SMARTS) is 1. The topological polar surface area (TPSA) is 75.6 Å². The smallest absolute Gasteiger partial charge is 0.335 e. The lowest BCUT2D eigenvalue weighted by Crippen LogP contribution is -2.25. The van der Waals surface area contributed by atoms with Gasteiger partial charge in [-0.1, -0.05) is 36.4 Å². The van der Waals surface area contributed by atoms with E-state index in [9.17, 15) is 9.59 Å². The molecule has 2 rings (SSSR count). The van der Waals surface area contributed by atoms with Crippen LogP contribution >= 0.6 is 0 Å². The standard InChI is InChI=1S/C17H17NO4/c1-22-15-9-5-3-7-13(15)11-18-16(19)10-12-6-2-4-8-14(12)17(20)21/h2-9H,10-11H2,1H3,(H,18,19)(H,20,21). The number of carbonyl (C=O) groups is 2. The molecule has 2 N–H and O–H groups in total. The van der Waals surface area contributed by atoms with Crippen molar-refractivity contribution in [2.45, 2.75) is 13.0 Å². The van der Waals surface area contributed by atoms with Gasteiger partial charge in [0.1, 0.15) is 5.75 Å². The molecule has 0 radical (unpaired) electrons. The second-order valence-corrected chi connectivity index (χ2v) is 4.73. The Hall–Kier alpha value is -2.82. The fraction of sp³-hybridized carbons (Fsp3) is 0.176. The van der Waals surface area contributed by atoms with Gasteiger partial charge in [-0.3, -0.25) is 4.79 Å². The number of aromatic carboxylic acids is 1. The fourth-order valence-corrected chi connectivity index (χ4v) is 2.16. The van der Waals surface area contributed by atoms with Crippen molar-refractivity contribution in [2.75, 3.05) is 7.11 Å². The van der Waals surface area contributed by atoms with Crippen LogP contribution < -0.4 is 10.1 Å². The second kappa shape index (κ2) is 7.26. The van der Waals surface area contributed by atoms with Crippen LogP contribution in [0.4, 0.5) is 0 Å². The summed E-state index contributed by atoms with van der Waals surface area (Å²) in [6.07, 6.45) is 0.0254. The highest BCUT2D eigenvalue weighted by molar-refractivity contribution is 5.91. The van der Waals surface area contributed by atoms with Crippen LogP contribution in [0.2, 0.25) is 0 Å². The molecule has 5 nitrogen and oxygen atoms in total. The Morgan fingerprint density at radius 3 is 2.36 bits per heavy atom. The van der Waals surface area contributed by atoms with Crippen molar-refractivity contribution in [2.24, 2.45) is 0 Å². The number of amides is 1. The van der Waals surface area contributed by atoms with Crippen LogP contribution in [0, 0.1) is 0 Å². The molecule has 0 spiro atoms. The zero-order chi connectivity index (χ0) is 15.9. The van der Waals surface area contributed by atoms with Gasteiger partial charge in [-0.05, 0) is 17.7 Å². The molecule has 0 bridgehead atoms. The highest BCUT2D eigenvalue weighted by Gasteiger charge is 2.12. The molecule has 0 saturated carbocycles. The predicted molar refractivity (Wildman–Crippen MR) is 81.9 cm³/mol. The summed E-state index contributed by atoms with van der Waals surface area (Å²) >= 11 is 0. The molecule has 22 heavy (non-hydrogen) atoms. The molecule has 0 heterocycles. The number of benzene rings is 2. The van der Waals surface area contributed by atoms with Gasteiger partial charge in [-0.2, -0.15) is 0 Å². The van der Waals surface area contributed by atoms with Crippen LogP contribution in [0.1, 0.15) is 21.5 Å². The molecule has 5 heteroatoms. The molecule has 0 saturated heterocycles. The first-order valence-corrected chi connectivity index (χ1v) is 6.81. The van der Waals surface area contributed by atoms with Crippen molar-refractivity contribution in [3.8, 4) is 5.75 Å². The molecule has 0 unspecified atom stereocenters. The average molecular weight is 299 g/mol. The van der Waals surface area contributed by atoms with Crippen molar-refractivity contribution in [1.29, 1.82) is 0 Å². The lowest BCUT2D eigenvalue weighted by Gasteiger charge is -2.10. The fourth-order valence-electron chi connectivity index (χ4n) is 2.16. The van der Waals surface area contributed by atoms with Crippen molar-refractivity contribution < 1.29 is 19.4 Å². The van der Waals surface area contributed by atoms with E-state index in [1.165, 1.54) is 6.07 Å². The summed E-state index contributed by atoms with van der Waals surface area (Å²) in [7, 11) is 1.57. The normalized spacial score (nSPS) is 10.0. The van der Waals surface area contributed by atoms with Crippen LogP contribution in [0.5, 0.6) is 5.75 Å². The summed E-state index contributed by atoms with van der Waals surface area (Å²) in [6, 6.07) is 13.9. The summed E-state index contributed by atoms with van der Waals surface area (Å²) in [6.45, 7) is 0.331. The third-order valence-corrected chi connectivity index (χ3v) is 3.27. The Morgan fingerprint density at radius 1 is 1.05 bits per heavy atom. The largest absolute Gasteiger partial charge is 0.496 e. The maximum atomic E-state index is 12.0. The molecule has 114 valence electrons. The van der Waals surface area contributed by atoms with Crippen molar-refractivity contribution in [3.63, 3.8) is 0 Å². The van der Waals surface area contributed by atoms with Crippen molar-refractivity contribution in [3.05, 3.63) is 65.2 Å². The number of carboxylic acids is 1. The van der Waals surface area contributed by atoms with Crippen LogP contribution in [0.15, 0.2) is 48.5 Å². The monoisotopic (exact) mass is 299 g/mol. The molecule has 0 aliphatic carbocycles. The van der Waals surface area contributed by atoms with E-state index in [1.807, 2.05) is 24.3 Å². The number of hydrogen-bond acceptors (Lipinski definition) is 3. The van der Waals surface area contributed by atoms with E-state index in [2.05, 4.69) is 5.32 Å². The highest BCUT2D eigenvalue weighted by Crippen LogP contribution is 2.17. The van der Waals surface area contributed by atoms with Gasteiger partial charge in [0.05, 0.1) is 19.1 Å². The van der Waals surface area contributed by atoms with E-state index in [1.54, 1.807) is 25.3 Å². The average Bonchev–Trinajstić information content (AvgIpc) is 2.53. The quantitative estimate of drug-likeness (QED) is 0.858. The lowest BCUT2D eigenvalue weighted by molar-refractivity contribution is -0.120. The zero-order valence-electron chi connectivity index (χ0n) is 12.2. The molecule has 2 aromatic rings. The minimum absolute atomic E-state index is 0.0254. The number of nitrogens with one attached hydrogen (secondary N) is 1. The summed E-state index contributed by atoms with van der Waals surface area (Å²) in [5.74, 6) is -0.568. The van der Waals surface area contributed by atoms with Gasteiger partial charge in [-0.25, -0.2) is 4.79 Å². The van der Waals surface area contributed by atoms with E-state index < -0.39 is 5.97 Å². The molecule has 1 amide bonds. The maximum absolute atomic E-state index is 12.0. The Bertz CT molecular complexity index is 682. The lowest BCUT2D eigenvalue weighted by atomic mass is 10.0. The molecule has 0 aliphatic heterocycles. The van der Waals surface area contributed by atoms with E-state index in [-0.39, 0.29) is 17.9 Å². The van der Waals surface area contributed by atoms with Crippen molar-refractivity contribution in [1.82, 2.24) is 5.32 Å². The maximum Gasteiger partial charge on any atom is 0.335 e. The van der Waals surface area contributed by atoms with E-state index in [0.29, 0.717) is 17.9 Å². The van der Waals surface area contributed by atoms with Gasteiger partial charge in [0.25, 0.3) is 0 Å². The third kappa shape index (κ3) is 3.85. The van der Waals surface area contributed by atoms with Crippen LogP contribution in [0.3, 0.4) is 0 Å². The SMILES string of the molecule is COc1ccccc1CNC(=O)Cc1ccccc1C(=O)O. The Morgan fingerprint density at radius 2 is 1.68 bits per heavy atom. The molecular weight excluding hydrogens is 282 g/mol. The first-order valence-electron chi connectivity index (χ1n) is 6.81. The second-order valence-electron chi connectivity index (χ2n) is 4.73. The Kier molecular flexibility index (Phi) is 5.14. The Balaban J connectivity index is 2.01. The number of para-hydroxylation sites is 1. The number of methoxy groups -OCH3 is 1. The number of carbonyl (C=O) groups excluding carboxylic acids is 1. The summed E-state index contributed by atoms with van der Waals surface area (Å²) in [5, 5.41) is 11.9. The van der Waals surface area contributed by atoms with Gasteiger partial charge in [0.15, 0.2) is 0 Å². The number of ether oxygens (including phenoxy) is 1. The summed E-state index contributed by atoms with van der Waals surface area (Å²) < 4.78 is 5.22. The minimum atomic E-state index is -1.03. The van der Waals surface area contributed by atoms with Gasteiger partial charge in [0, 0.05) is 12.1 Å². The molecule has 0 atom stereocenters. The van der Waals surface area contributed by atoms with Crippen molar-refractivity contribution >= 4 is 11.9 Å². The first-order chi connectivity index (χ1) is 10.6. The van der Waals surface area contributed by atoms with Gasteiger partial charge in [-0.15, -0.1) is 0 Å². The van der Waals surface area contributed by atoms with E-state index >= 15 is 0 Å². The van der Waals surface area contributed by atoms with Crippen LogP contribution in [0.25, 0.3) is 0 Å². The molecule has 2 aromatic carbocycles. The van der Waals surface area contributed by atoms with E-state index in [4.69, 9.17) is 9.84 Å². The van der Waals surface area contributed by atoms with E-state index in [0.717, 1.165) is 5.56 Å². The third-order valence-electron chi connectivity index (χ3n) is 3.27. The summed E-state index contributed by atoms with van der Waals surface area (Å²) in [5.41, 5.74) is 1.51. The van der Waals surface area contributed by atoms with Crippen LogP contribution in [-0.4, -0.2) is 24.1 Å². The summed E-state index contributed by atoms with van der Waals surface area (Å²) in [4.78, 5) is 23.1.